The number of aryl methyl sites for hydroxylation is 1. The number of aromatic nitrogens is 2. The van der Waals surface area contributed by atoms with E-state index in [4.69, 9.17) is 0 Å². The topological polar surface area (TPSA) is 9.86 Å². The molecule has 158 valence electrons. The molecule has 0 spiro atoms. The molecule has 33 heavy (non-hydrogen) atoms. The normalized spacial score (nSPS) is 14.0. The van der Waals surface area contributed by atoms with E-state index in [1.165, 1.54) is 60.6 Å². The van der Waals surface area contributed by atoms with Gasteiger partial charge >= 0.3 is 0 Å². The van der Waals surface area contributed by atoms with Crippen LogP contribution < -0.4 is 0 Å². The van der Waals surface area contributed by atoms with Crippen molar-refractivity contribution in [2.75, 3.05) is 0 Å². The minimum Gasteiger partial charge on any atom is -0.313 e. The van der Waals surface area contributed by atoms with E-state index < -0.39 is 0 Å². The summed E-state index contributed by atoms with van der Waals surface area (Å²) >= 11 is 0. The molecule has 0 saturated carbocycles. The van der Waals surface area contributed by atoms with Crippen LogP contribution in [0.4, 0.5) is 0 Å². The fourth-order valence-electron chi connectivity index (χ4n) is 5.60. The van der Waals surface area contributed by atoms with Crippen molar-refractivity contribution >= 4 is 49.3 Å². The molecule has 2 aromatic heterocycles. The highest BCUT2D eigenvalue weighted by Crippen LogP contribution is 2.42. The second kappa shape index (κ2) is 6.98. The smallest absolute Gasteiger partial charge is 0.0641 e. The molecule has 0 saturated heterocycles. The average Bonchev–Trinajstić information content (AvgIpc) is 3.37. The number of allylic oxidation sites excluding steroid dienone is 4. The second-order valence-electron chi connectivity index (χ2n) is 9.02. The highest BCUT2D eigenvalue weighted by atomic mass is 15.0. The third kappa shape index (κ3) is 2.61. The maximum Gasteiger partial charge on any atom is 0.0641 e. The van der Waals surface area contributed by atoms with Crippen LogP contribution in [0.3, 0.4) is 0 Å². The molecule has 2 heterocycles. The Kier molecular flexibility index (Phi) is 3.92. The van der Waals surface area contributed by atoms with Crippen molar-refractivity contribution in [1.29, 1.82) is 0 Å². The van der Waals surface area contributed by atoms with Gasteiger partial charge in [-0.3, -0.25) is 0 Å². The molecule has 0 bridgehead atoms. The van der Waals surface area contributed by atoms with Gasteiger partial charge in [-0.25, -0.2) is 0 Å². The molecule has 2 nitrogen and oxygen atoms in total. The Bertz CT molecular complexity index is 1760. The Morgan fingerprint density at radius 1 is 0.667 bits per heavy atom. The summed E-state index contributed by atoms with van der Waals surface area (Å²) in [6.45, 7) is 2.19. The van der Waals surface area contributed by atoms with Crippen LogP contribution in [0.2, 0.25) is 0 Å². The lowest BCUT2D eigenvalue weighted by Crippen LogP contribution is -1.99. The number of hydrogen-bond acceptors (Lipinski definition) is 0. The summed E-state index contributed by atoms with van der Waals surface area (Å²) in [5.74, 6) is 0. The molecule has 6 aromatic rings. The molecule has 0 atom stereocenters. The van der Waals surface area contributed by atoms with Crippen LogP contribution in [0, 0.1) is 6.92 Å². The van der Waals surface area contributed by atoms with Gasteiger partial charge in [-0.05, 0) is 61.7 Å². The Balaban J connectivity index is 1.75. The van der Waals surface area contributed by atoms with Crippen LogP contribution in [0.15, 0.2) is 103 Å². The first-order valence-corrected chi connectivity index (χ1v) is 11.7. The van der Waals surface area contributed by atoms with Gasteiger partial charge in [0.15, 0.2) is 0 Å². The van der Waals surface area contributed by atoms with Crippen LogP contribution in [-0.2, 0) is 0 Å². The zero-order valence-electron chi connectivity index (χ0n) is 18.6. The zero-order valence-corrected chi connectivity index (χ0v) is 18.6. The van der Waals surface area contributed by atoms with Crippen LogP contribution in [0.25, 0.3) is 55.0 Å². The predicted octanol–water partition coefficient (Wildman–Crippen LogP) is 8.39. The zero-order chi connectivity index (χ0) is 21.9. The summed E-state index contributed by atoms with van der Waals surface area (Å²) < 4.78 is 4.94. The lowest BCUT2D eigenvalue weighted by molar-refractivity contribution is 0.979. The van der Waals surface area contributed by atoms with Gasteiger partial charge in [-0.15, -0.1) is 0 Å². The van der Waals surface area contributed by atoms with Gasteiger partial charge in [0.05, 0.1) is 22.1 Å². The lowest BCUT2D eigenvalue weighted by Gasteiger charge is -2.14. The van der Waals surface area contributed by atoms with E-state index in [9.17, 15) is 0 Å². The molecule has 0 amide bonds. The van der Waals surface area contributed by atoms with Crippen LogP contribution in [-0.4, -0.2) is 9.13 Å². The molecule has 0 aliphatic heterocycles. The van der Waals surface area contributed by atoms with Gasteiger partial charge in [0.25, 0.3) is 0 Å². The largest absolute Gasteiger partial charge is 0.313 e. The number of rotatable bonds is 2. The number of nitrogens with zero attached hydrogens (tertiary/aromatic N) is 2. The molecule has 0 N–H and O–H groups in total. The maximum atomic E-state index is 2.49. The van der Waals surface area contributed by atoms with Crippen molar-refractivity contribution < 1.29 is 0 Å². The van der Waals surface area contributed by atoms with Crippen molar-refractivity contribution in [3.63, 3.8) is 0 Å². The van der Waals surface area contributed by atoms with E-state index >= 15 is 0 Å². The monoisotopic (exact) mass is 424 g/mol. The minimum atomic E-state index is 1.06. The molecule has 1 aliphatic rings. The van der Waals surface area contributed by atoms with Gasteiger partial charge in [-0.2, -0.15) is 0 Å². The molecule has 7 rings (SSSR count). The predicted molar refractivity (Wildman–Crippen MR) is 141 cm³/mol. The lowest BCUT2D eigenvalue weighted by atomic mass is 10.1. The summed E-state index contributed by atoms with van der Waals surface area (Å²) in [4.78, 5) is 0. The Morgan fingerprint density at radius 2 is 1.48 bits per heavy atom. The van der Waals surface area contributed by atoms with Crippen molar-refractivity contribution in [3.05, 3.63) is 109 Å². The molecular weight excluding hydrogens is 400 g/mol. The van der Waals surface area contributed by atoms with Crippen LogP contribution in [0.1, 0.15) is 18.4 Å². The molecule has 0 radical (unpaired) electrons. The molecular formula is C31H24N2. The molecule has 0 fully saturated rings. The van der Waals surface area contributed by atoms with E-state index in [-0.39, 0.29) is 0 Å². The van der Waals surface area contributed by atoms with Crippen molar-refractivity contribution in [2.24, 2.45) is 0 Å². The third-order valence-electron chi connectivity index (χ3n) is 7.01. The molecule has 4 aromatic carbocycles. The van der Waals surface area contributed by atoms with E-state index in [1.54, 1.807) is 0 Å². The van der Waals surface area contributed by atoms with Crippen molar-refractivity contribution in [3.8, 4) is 5.69 Å². The average molecular weight is 425 g/mol. The first kappa shape index (κ1) is 18.5. The second-order valence-corrected chi connectivity index (χ2v) is 9.02. The van der Waals surface area contributed by atoms with Gasteiger partial charge in [-0.1, -0.05) is 66.7 Å². The van der Waals surface area contributed by atoms with E-state index in [0.29, 0.717) is 0 Å². The van der Waals surface area contributed by atoms with Gasteiger partial charge in [0.2, 0.25) is 0 Å². The summed E-state index contributed by atoms with van der Waals surface area (Å²) in [5, 5.41) is 5.25. The third-order valence-corrected chi connectivity index (χ3v) is 7.01. The highest BCUT2D eigenvalue weighted by molar-refractivity contribution is 6.26. The summed E-state index contributed by atoms with van der Waals surface area (Å²) in [6.07, 6.45) is 8.88. The fraction of sp³-hybridized carbons (Fsp3) is 0.0968. The maximum absolute atomic E-state index is 2.49. The highest BCUT2D eigenvalue weighted by Gasteiger charge is 2.21. The number of hydrogen-bond donors (Lipinski definition) is 0. The Labute approximate surface area is 192 Å². The SMILES string of the molecule is Cc1ccc2c3c(ccc4c5ccccc5n(-c5ccccc5)c43)n(C3=CC=CCC3)c2c1. The number of benzene rings is 4. The summed E-state index contributed by atoms with van der Waals surface area (Å²) in [5.41, 5.74) is 8.97. The number of fused-ring (bicyclic) bond motifs is 7. The first-order valence-electron chi connectivity index (χ1n) is 11.7. The number of para-hydroxylation sites is 2. The standard InChI is InChI=1S/C31H24N2/c1-21-16-17-26-29(20-21)32(22-10-4-2-5-11-22)28-19-18-25-24-14-8-9-15-27(24)33(31(25)30(26)28)23-12-6-3-7-13-23/h2-4,6-10,12-20H,5,11H2,1H3. The Morgan fingerprint density at radius 3 is 2.33 bits per heavy atom. The Hall–Kier alpha value is -4.04. The quantitative estimate of drug-likeness (QED) is 0.264. The van der Waals surface area contributed by atoms with Gasteiger partial charge < -0.3 is 9.13 Å². The van der Waals surface area contributed by atoms with Crippen LogP contribution >= 0.6 is 0 Å². The van der Waals surface area contributed by atoms with Crippen molar-refractivity contribution in [1.82, 2.24) is 9.13 Å². The van der Waals surface area contributed by atoms with Gasteiger partial charge in [0, 0.05) is 32.9 Å². The fourth-order valence-corrected chi connectivity index (χ4v) is 5.60. The summed E-state index contributed by atoms with van der Waals surface area (Å²) in [7, 11) is 0. The van der Waals surface area contributed by atoms with E-state index in [2.05, 4.69) is 119 Å². The van der Waals surface area contributed by atoms with E-state index in [1.807, 2.05) is 0 Å². The van der Waals surface area contributed by atoms with Crippen molar-refractivity contribution in [2.45, 2.75) is 19.8 Å². The molecule has 1 aliphatic carbocycles. The van der Waals surface area contributed by atoms with Gasteiger partial charge in [0.1, 0.15) is 0 Å². The minimum absolute atomic E-state index is 1.06. The molecule has 0 unspecified atom stereocenters. The molecule has 2 heteroatoms. The summed E-state index contributed by atoms with van der Waals surface area (Å²) in [6, 6.07) is 31.1. The van der Waals surface area contributed by atoms with Crippen LogP contribution in [0.5, 0.6) is 0 Å². The first-order chi connectivity index (χ1) is 16.3. The van der Waals surface area contributed by atoms with E-state index in [0.717, 1.165) is 12.8 Å².